The number of carbonyl (C=O) groups excluding carboxylic acids is 1. The van der Waals surface area contributed by atoms with E-state index in [0.717, 1.165) is 25.2 Å². The molecule has 0 saturated carbocycles. The van der Waals surface area contributed by atoms with E-state index in [2.05, 4.69) is 22.8 Å². The lowest BCUT2D eigenvalue weighted by molar-refractivity contribution is 0.101. The van der Waals surface area contributed by atoms with Crippen LogP contribution >= 0.6 is 0 Å². The predicted octanol–water partition coefficient (Wildman–Crippen LogP) is 3.77. The van der Waals surface area contributed by atoms with Gasteiger partial charge in [-0.3, -0.25) is 4.79 Å². The molecule has 0 N–H and O–H groups in total. The third-order valence-electron chi connectivity index (χ3n) is 4.94. The zero-order chi connectivity index (χ0) is 19.4. The van der Waals surface area contributed by atoms with Gasteiger partial charge in [-0.15, -0.1) is 0 Å². The molecular weight excluding hydrogens is 344 g/mol. The molecule has 2 aromatic rings. The maximum absolute atomic E-state index is 14.1. The van der Waals surface area contributed by atoms with Crippen molar-refractivity contribution in [3.63, 3.8) is 0 Å². The molecule has 1 aromatic heterocycles. The quantitative estimate of drug-likeness (QED) is 0.596. The summed E-state index contributed by atoms with van der Waals surface area (Å²) in [5, 5.41) is 9.16. The van der Waals surface area contributed by atoms with Crippen molar-refractivity contribution in [1.82, 2.24) is 4.98 Å². The first kappa shape index (κ1) is 18.9. The second-order valence-electron chi connectivity index (χ2n) is 6.93. The van der Waals surface area contributed by atoms with Crippen molar-refractivity contribution in [2.45, 2.75) is 32.6 Å². The van der Waals surface area contributed by atoms with Gasteiger partial charge >= 0.3 is 0 Å². The van der Waals surface area contributed by atoms with Gasteiger partial charge in [0.15, 0.2) is 5.78 Å². The number of ketones is 1. The molecule has 0 bridgehead atoms. The predicted molar refractivity (Wildman–Crippen MR) is 103 cm³/mol. The number of ether oxygens (including phenoxy) is 1. The minimum absolute atomic E-state index is 0.0351. The smallest absolute Gasteiger partial charge is 0.274 e. The highest BCUT2D eigenvalue weighted by Gasteiger charge is 2.30. The van der Waals surface area contributed by atoms with Crippen LogP contribution in [0.4, 0.5) is 10.2 Å². The van der Waals surface area contributed by atoms with Gasteiger partial charge in [-0.25, -0.2) is 9.65 Å². The lowest BCUT2D eigenvalue weighted by Gasteiger charge is -2.33. The number of nitrogens with zero attached hydrogens (tertiary/aromatic N) is 3. The Labute approximate surface area is 158 Å². The molecule has 3 rings (SSSR count). The van der Waals surface area contributed by atoms with Crippen LogP contribution in [0.25, 0.3) is 0 Å². The number of halogens is 1. The molecule has 5 nitrogen and oxygen atoms in total. The van der Waals surface area contributed by atoms with Gasteiger partial charge in [-0.2, -0.15) is 4.98 Å². The Bertz CT molecular complexity index is 884. The molecular formula is C20H21BFN3O2. The van der Waals surface area contributed by atoms with Crippen LogP contribution in [0.3, 0.4) is 0 Å². The van der Waals surface area contributed by atoms with Crippen molar-refractivity contribution in [2.24, 2.45) is 0 Å². The zero-order valence-corrected chi connectivity index (χ0v) is 15.5. The number of Topliss-reactive ketones (excluding diaryl/α,β-unsaturated/α-hetero) is 1. The van der Waals surface area contributed by atoms with Gasteiger partial charge in [0.1, 0.15) is 18.2 Å². The highest BCUT2D eigenvalue weighted by molar-refractivity contribution is 6.68. The fourth-order valence-corrected chi connectivity index (χ4v) is 3.24. The van der Waals surface area contributed by atoms with Gasteiger partial charge in [0.2, 0.25) is 5.88 Å². The molecule has 0 radical (unpaired) electrons. The molecule has 1 saturated heterocycles. The average molecular weight is 365 g/mol. The van der Waals surface area contributed by atoms with Crippen LogP contribution in [0.2, 0.25) is 12.1 Å². The number of rotatable bonds is 5. The monoisotopic (exact) mass is 365 g/mol. The van der Waals surface area contributed by atoms with Crippen LogP contribution in [0.5, 0.6) is 5.88 Å². The van der Waals surface area contributed by atoms with Gasteiger partial charge < -0.3 is 9.64 Å². The maximum atomic E-state index is 14.1. The molecule has 0 unspecified atom stereocenters. The molecule has 1 aliphatic rings. The molecule has 138 valence electrons. The van der Waals surface area contributed by atoms with E-state index in [1.807, 2.05) is 12.1 Å². The fraction of sp³-hybridized carbons (Fsp3) is 0.350. The van der Waals surface area contributed by atoms with Crippen LogP contribution in [0, 0.1) is 17.0 Å². The van der Waals surface area contributed by atoms with Crippen LogP contribution in [-0.2, 0) is 6.61 Å². The third kappa shape index (κ3) is 4.46. The van der Waals surface area contributed by atoms with Gasteiger partial charge in [0.05, 0.1) is 0 Å². The molecule has 7 heteroatoms. The Hall–Kier alpha value is -2.88. The number of nitriles is 1. The first-order valence-electron chi connectivity index (χ1n) is 9.01. The van der Waals surface area contributed by atoms with Crippen molar-refractivity contribution in [3.8, 4) is 11.8 Å². The van der Waals surface area contributed by atoms with E-state index in [-0.39, 0.29) is 24.9 Å². The van der Waals surface area contributed by atoms with Crippen LogP contribution in [0.15, 0.2) is 36.4 Å². The van der Waals surface area contributed by atoms with Gasteiger partial charge in [-0.1, -0.05) is 25.1 Å². The zero-order valence-electron chi connectivity index (χ0n) is 15.5. The highest BCUT2D eigenvalue weighted by Crippen LogP contribution is 2.26. The Balaban J connectivity index is 1.66. The van der Waals surface area contributed by atoms with Crippen LogP contribution < -0.4 is 9.64 Å². The molecule has 1 atom stereocenters. The van der Waals surface area contributed by atoms with E-state index in [4.69, 9.17) is 10.00 Å². The van der Waals surface area contributed by atoms with E-state index in [0.29, 0.717) is 17.0 Å². The van der Waals surface area contributed by atoms with E-state index < -0.39 is 5.82 Å². The van der Waals surface area contributed by atoms with Crippen LogP contribution in [-0.4, -0.2) is 30.6 Å². The normalized spacial score (nSPS) is 16.7. The van der Waals surface area contributed by atoms with E-state index in [1.165, 1.54) is 13.0 Å². The maximum Gasteiger partial charge on any atom is 0.274 e. The summed E-state index contributed by atoms with van der Waals surface area (Å²) in [5.74, 6) is 3.21. The number of aromatic nitrogens is 1. The molecule has 0 amide bonds. The molecule has 2 heterocycles. The van der Waals surface area contributed by atoms with Gasteiger partial charge in [0.25, 0.3) is 6.71 Å². The largest absolute Gasteiger partial charge is 0.473 e. The first-order chi connectivity index (χ1) is 13.0. The molecule has 1 aliphatic heterocycles. The Morgan fingerprint density at radius 1 is 1.44 bits per heavy atom. The highest BCUT2D eigenvalue weighted by atomic mass is 19.1. The van der Waals surface area contributed by atoms with E-state index in [1.54, 1.807) is 18.2 Å². The standard InChI is InChI=1S/C20H21BFN3O2/c1-14-11-25(9-8-21(14)13-23)19-4-3-5-20(24-19)27-12-17-7-6-16(15(2)26)10-18(17)22/h3-7,10,14H,8-9,11-12H2,1-2H3/t14-/m0/s1. The third-order valence-corrected chi connectivity index (χ3v) is 4.94. The van der Waals surface area contributed by atoms with Gasteiger partial charge in [-0.05, 0) is 31.2 Å². The minimum atomic E-state index is -0.466. The number of pyridine rings is 1. The molecule has 0 spiro atoms. The topological polar surface area (TPSA) is 66.2 Å². The number of benzene rings is 1. The SMILES string of the molecule is CC(=O)c1ccc(COc2cccc(N3CCB(C#N)[C@@H](C)C3)n2)c(F)c1. The summed E-state index contributed by atoms with van der Waals surface area (Å²) in [5.41, 5.74) is 0.710. The average Bonchev–Trinajstić information content (AvgIpc) is 2.67. The number of anilines is 1. The summed E-state index contributed by atoms with van der Waals surface area (Å²) in [6.07, 6.45) is 0.818. The summed E-state index contributed by atoms with van der Waals surface area (Å²) in [7, 11) is 0. The summed E-state index contributed by atoms with van der Waals surface area (Å²) in [6, 6.07) is 9.88. The molecule has 27 heavy (non-hydrogen) atoms. The second kappa shape index (κ2) is 8.21. The lowest BCUT2D eigenvalue weighted by atomic mass is 9.39. The summed E-state index contributed by atoms with van der Waals surface area (Å²) in [6.45, 7) is 5.15. The van der Waals surface area contributed by atoms with E-state index in [9.17, 15) is 9.18 Å². The Kier molecular flexibility index (Phi) is 5.75. The van der Waals surface area contributed by atoms with E-state index >= 15 is 0 Å². The number of carbonyl (C=O) groups is 1. The molecule has 1 fully saturated rings. The molecule has 1 aromatic carbocycles. The fourth-order valence-electron chi connectivity index (χ4n) is 3.24. The summed E-state index contributed by atoms with van der Waals surface area (Å²) < 4.78 is 19.8. The van der Waals surface area contributed by atoms with Crippen molar-refractivity contribution in [1.29, 1.82) is 5.26 Å². The minimum Gasteiger partial charge on any atom is -0.473 e. The first-order valence-corrected chi connectivity index (χ1v) is 9.01. The Morgan fingerprint density at radius 2 is 2.26 bits per heavy atom. The van der Waals surface area contributed by atoms with Crippen molar-refractivity contribution in [3.05, 3.63) is 53.3 Å². The Morgan fingerprint density at radius 3 is 2.93 bits per heavy atom. The van der Waals surface area contributed by atoms with Crippen molar-refractivity contribution in [2.75, 3.05) is 18.0 Å². The van der Waals surface area contributed by atoms with Crippen LogP contribution in [0.1, 0.15) is 29.8 Å². The number of hydrogen-bond donors (Lipinski definition) is 0. The summed E-state index contributed by atoms with van der Waals surface area (Å²) >= 11 is 0. The van der Waals surface area contributed by atoms with Crippen molar-refractivity contribution < 1.29 is 13.9 Å². The molecule has 0 aliphatic carbocycles. The van der Waals surface area contributed by atoms with Gasteiger partial charge in [0, 0.05) is 36.3 Å². The summed E-state index contributed by atoms with van der Waals surface area (Å²) in [4.78, 5) is 18.0. The number of hydrogen-bond acceptors (Lipinski definition) is 5. The lowest BCUT2D eigenvalue weighted by Crippen LogP contribution is -2.41. The second-order valence-corrected chi connectivity index (χ2v) is 6.93. The van der Waals surface area contributed by atoms with Crippen molar-refractivity contribution >= 4 is 18.3 Å².